The monoisotopic (exact) mass is 835 g/mol. The van der Waals surface area contributed by atoms with E-state index in [1.165, 1.54) is 11.1 Å². The van der Waals surface area contributed by atoms with Crippen LogP contribution in [0.25, 0.3) is 78.3 Å². The molecule has 2 heterocycles. The van der Waals surface area contributed by atoms with Crippen LogP contribution in [0.5, 0.6) is 5.75 Å². The number of benzene rings is 7. The number of phenolic OH excluding ortho intramolecular Hbond substituents is 1. The number of rotatable bonds is 7. The van der Waals surface area contributed by atoms with Crippen LogP contribution in [0.3, 0.4) is 0 Å². The molecular weight excluding hydrogens is 779 g/mol. The van der Waals surface area contributed by atoms with Crippen molar-refractivity contribution in [1.29, 1.82) is 0 Å². The van der Waals surface area contributed by atoms with Crippen LogP contribution in [0.1, 0.15) is 79.0 Å². The Bertz CT molecular complexity index is 3140. The van der Waals surface area contributed by atoms with E-state index in [2.05, 4.69) is 254 Å². The van der Waals surface area contributed by atoms with Crippen LogP contribution in [0, 0.1) is 6.20 Å². The third-order valence-corrected chi connectivity index (χ3v) is 12.3. The van der Waals surface area contributed by atoms with E-state index in [1.54, 1.807) is 0 Å². The van der Waals surface area contributed by atoms with Gasteiger partial charge in [-0.25, -0.2) is 4.98 Å². The highest BCUT2D eigenvalue weighted by molar-refractivity contribution is 5.97. The molecule has 7 aromatic carbocycles. The molecule has 0 spiro atoms. The number of aromatic hydroxyl groups is 1. The van der Waals surface area contributed by atoms with Crippen molar-refractivity contribution >= 4 is 11.0 Å². The summed E-state index contributed by atoms with van der Waals surface area (Å²) in [4.78, 5) is 5.68. The van der Waals surface area contributed by atoms with Crippen LogP contribution >= 0.6 is 0 Å². The van der Waals surface area contributed by atoms with Crippen molar-refractivity contribution in [2.24, 2.45) is 0 Å². The molecule has 0 radical (unpaired) electrons. The first kappa shape index (κ1) is 42.3. The average molecular weight is 836 g/mol. The number of para-hydroxylation sites is 1. The van der Waals surface area contributed by atoms with Crippen LogP contribution in [-0.4, -0.2) is 14.7 Å². The van der Waals surface area contributed by atoms with E-state index in [0.717, 1.165) is 72.5 Å². The molecule has 4 heteroatoms. The second kappa shape index (κ2) is 16.3. The van der Waals surface area contributed by atoms with E-state index in [9.17, 15) is 5.11 Å². The van der Waals surface area contributed by atoms with Gasteiger partial charge < -0.3 is 5.11 Å². The molecule has 0 fully saturated rings. The molecule has 0 atom stereocenters. The predicted molar refractivity (Wildman–Crippen MR) is 266 cm³/mol. The number of phenols is 1. The Hall–Kier alpha value is -7.04. The van der Waals surface area contributed by atoms with Gasteiger partial charge in [-0.3, -0.25) is 9.13 Å². The van der Waals surface area contributed by atoms with E-state index in [-0.39, 0.29) is 22.0 Å². The van der Waals surface area contributed by atoms with Gasteiger partial charge in [0.2, 0.25) is 0 Å². The molecule has 0 amide bonds. The van der Waals surface area contributed by atoms with Crippen LogP contribution in [0.2, 0.25) is 0 Å². The first-order chi connectivity index (χ1) is 30.5. The van der Waals surface area contributed by atoms with Crippen molar-refractivity contribution in [3.63, 3.8) is 0 Å². The van der Waals surface area contributed by atoms with Gasteiger partial charge in [-0.2, -0.15) is 0 Å². The summed E-state index contributed by atoms with van der Waals surface area (Å²) < 4.78 is 4.41. The van der Waals surface area contributed by atoms with Crippen LogP contribution < -0.4 is 4.57 Å². The minimum absolute atomic E-state index is 0.158. The Balaban J connectivity index is 1.36. The van der Waals surface area contributed by atoms with Gasteiger partial charge in [0.05, 0.1) is 22.3 Å². The minimum atomic E-state index is -0.331. The lowest BCUT2D eigenvalue weighted by molar-refractivity contribution is -0.600. The summed E-state index contributed by atoms with van der Waals surface area (Å²) in [6.45, 7) is 20.0. The molecular formula is C60H57N3O. The minimum Gasteiger partial charge on any atom is -0.507 e. The maximum atomic E-state index is 12.6. The summed E-state index contributed by atoms with van der Waals surface area (Å²) in [7, 11) is 0. The molecule has 318 valence electrons. The summed E-state index contributed by atoms with van der Waals surface area (Å²) in [6, 6.07) is 60.1. The second-order valence-corrected chi connectivity index (χ2v) is 20.1. The standard InChI is InChI=1S/C60H57N3O/c1-58(2,3)46-36-51(56(64)52(37-46)60(7,8)9)57-61-55-49(45-33-47(59(4,5)6)39-62(38-45)48-28-19-27-43(34-48)40-21-13-10-14-22-40)29-20-30-54(55)63(57)53-32-31-44(41-23-15-11-16-24-41)35-50(53)42-25-17-12-18-26-42/h10-37,39,64H,1-9H3. The highest BCUT2D eigenvalue weighted by Gasteiger charge is 2.29. The number of aromatic nitrogens is 3. The number of nitrogens with zero attached hydrogens (tertiary/aromatic N) is 3. The maximum Gasteiger partial charge on any atom is 0.179 e. The molecule has 1 N–H and O–H groups in total. The van der Waals surface area contributed by atoms with Crippen molar-refractivity contribution in [2.45, 2.75) is 78.6 Å². The Morgan fingerprint density at radius 3 is 1.67 bits per heavy atom. The first-order valence-corrected chi connectivity index (χ1v) is 22.4. The normalized spacial score (nSPS) is 12.2. The smallest absolute Gasteiger partial charge is 0.179 e. The van der Waals surface area contributed by atoms with Crippen LogP contribution in [-0.2, 0) is 16.2 Å². The zero-order chi connectivity index (χ0) is 45.0. The number of fused-ring (bicyclic) bond motifs is 1. The summed E-state index contributed by atoms with van der Waals surface area (Å²) in [6.07, 6.45) is 6.03. The fraction of sp³-hybridized carbons (Fsp3) is 0.200. The summed E-state index contributed by atoms with van der Waals surface area (Å²) in [5.74, 6) is 0.926. The van der Waals surface area contributed by atoms with Crippen molar-refractivity contribution in [2.75, 3.05) is 0 Å². The number of pyridine rings is 1. The summed E-state index contributed by atoms with van der Waals surface area (Å²) in [5, 5.41) is 12.6. The molecule has 0 saturated carbocycles. The Morgan fingerprint density at radius 2 is 1.06 bits per heavy atom. The summed E-state index contributed by atoms with van der Waals surface area (Å²) >= 11 is 0. The first-order valence-electron chi connectivity index (χ1n) is 22.4. The van der Waals surface area contributed by atoms with E-state index in [0.29, 0.717) is 11.4 Å². The zero-order valence-electron chi connectivity index (χ0n) is 38.5. The van der Waals surface area contributed by atoms with Crippen LogP contribution in [0.4, 0.5) is 0 Å². The van der Waals surface area contributed by atoms with Crippen molar-refractivity contribution < 1.29 is 9.67 Å². The van der Waals surface area contributed by atoms with Crippen molar-refractivity contribution in [3.8, 4) is 73.0 Å². The predicted octanol–water partition coefficient (Wildman–Crippen LogP) is 15.0. The van der Waals surface area contributed by atoms with Gasteiger partial charge in [-0.15, -0.1) is 6.07 Å². The molecule has 64 heavy (non-hydrogen) atoms. The van der Waals surface area contributed by atoms with Gasteiger partial charge >= 0.3 is 0 Å². The van der Waals surface area contributed by atoms with E-state index >= 15 is 0 Å². The molecule has 9 rings (SSSR count). The molecule has 2 aromatic heterocycles. The van der Waals surface area contributed by atoms with Gasteiger partial charge in [-0.05, 0) is 103 Å². The number of hydrogen-bond acceptors (Lipinski definition) is 2. The zero-order valence-corrected chi connectivity index (χ0v) is 38.5. The maximum absolute atomic E-state index is 12.6. The van der Waals surface area contributed by atoms with Crippen molar-refractivity contribution in [1.82, 2.24) is 9.55 Å². The molecule has 9 aromatic rings. The number of hydrogen-bond donors (Lipinski definition) is 1. The lowest BCUT2D eigenvalue weighted by Crippen LogP contribution is -2.33. The lowest BCUT2D eigenvalue weighted by atomic mass is 9.79. The molecule has 0 aliphatic rings. The van der Waals surface area contributed by atoms with Gasteiger partial charge in [-0.1, -0.05) is 190 Å². The Kier molecular flexibility index (Phi) is 10.7. The van der Waals surface area contributed by atoms with Gasteiger partial charge in [0.15, 0.2) is 6.20 Å². The van der Waals surface area contributed by atoms with E-state index in [1.807, 2.05) is 0 Å². The van der Waals surface area contributed by atoms with E-state index < -0.39 is 0 Å². The topological polar surface area (TPSA) is 41.9 Å². The molecule has 0 saturated heterocycles. The lowest BCUT2D eigenvalue weighted by Gasteiger charge is -2.27. The Labute approximate surface area is 379 Å². The average Bonchev–Trinajstić information content (AvgIpc) is 3.68. The SMILES string of the molecule is CC(C)(C)c1cc(-c2nc3c(-c4[c-][n+](-c5cccc(-c6ccccc6)c5)cc(C(C)(C)C)c4)cccc3n2-c2ccc(-c3ccccc3)cc2-c2ccccc2)c(O)c(C(C)(C)C)c1. The fourth-order valence-electron chi connectivity index (χ4n) is 8.62. The highest BCUT2D eigenvalue weighted by atomic mass is 16.3. The third-order valence-electron chi connectivity index (χ3n) is 12.3. The Morgan fingerprint density at radius 1 is 0.484 bits per heavy atom. The second-order valence-electron chi connectivity index (χ2n) is 20.1. The number of imidazole rings is 1. The molecule has 4 nitrogen and oxygen atoms in total. The van der Waals surface area contributed by atoms with Crippen molar-refractivity contribution in [3.05, 3.63) is 199 Å². The van der Waals surface area contributed by atoms with Gasteiger partial charge in [0.25, 0.3) is 0 Å². The van der Waals surface area contributed by atoms with Crippen LogP contribution in [0.15, 0.2) is 176 Å². The third kappa shape index (κ3) is 8.17. The molecule has 0 unspecified atom stereocenters. The van der Waals surface area contributed by atoms with E-state index in [4.69, 9.17) is 4.98 Å². The molecule has 0 bridgehead atoms. The molecule has 0 aliphatic heterocycles. The summed E-state index contributed by atoms with van der Waals surface area (Å²) in [5.41, 5.74) is 15.6. The molecule has 0 aliphatic carbocycles. The fourth-order valence-corrected chi connectivity index (χ4v) is 8.62. The van der Waals surface area contributed by atoms with Gasteiger partial charge in [0.1, 0.15) is 23.5 Å². The van der Waals surface area contributed by atoms with Gasteiger partial charge in [0, 0.05) is 11.1 Å². The highest BCUT2D eigenvalue weighted by Crippen LogP contribution is 2.46. The quantitative estimate of drug-likeness (QED) is 0.128. The largest absolute Gasteiger partial charge is 0.507 e.